The maximum atomic E-state index is 4.16. The minimum Gasteiger partial charge on any atom is -0.234 e. The molecule has 0 atom stereocenters. The summed E-state index contributed by atoms with van der Waals surface area (Å²) >= 11 is 6.67. The van der Waals surface area contributed by atoms with E-state index in [2.05, 4.69) is 67.9 Å². The van der Waals surface area contributed by atoms with Crippen molar-refractivity contribution in [3.05, 3.63) is 26.9 Å². The van der Waals surface area contributed by atoms with Crippen LogP contribution in [0.5, 0.6) is 0 Å². The summed E-state index contributed by atoms with van der Waals surface area (Å²) in [6.45, 7) is 6.68. The summed E-state index contributed by atoms with van der Waals surface area (Å²) in [5.41, 5.74) is 4.31. The Morgan fingerprint density at radius 1 is 1.14 bits per heavy atom. The van der Waals surface area contributed by atoms with Gasteiger partial charge in [-0.2, -0.15) is 0 Å². The van der Waals surface area contributed by atoms with Crippen molar-refractivity contribution in [2.75, 3.05) is 0 Å². The Balaban J connectivity index is 3.02. The van der Waals surface area contributed by atoms with E-state index >= 15 is 0 Å². The second-order valence-electron chi connectivity index (χ2n) is 4.00. The summed E-state index contributed by atoms with van der Waals surface area (Å²) < 4.78 is 1.62. The summed E-state index contributed by atoms with van der Waals surface area (Å²) in [5, 5.41) is 0. The molecule has 1 rings (SSSR count). The van der Waals surface area contributed by atoms with Gasteiger partial charge in [-0.1, -0.05) is 25.6 Å². The molecule has 0 aliphatic rings. The fourth-order valence-electron chi connectivity index (χ4n) is 0.797. The Bertz CT molecular complexity index is 379. The van der Waals surface area contributed by atoms with Crippen LogP contribution in [0.1, 0.15) is 5.56 Å². The predicted molar refractivity (Wildman–Crippen MR) is 69.9 cm³/mol. The summed E-state index contributed by atoms with van der Waals surface area (Å²) in [7, 11) is -1.29. The van der Waals surface area contributed by atoms with Gasteiger partial charge in [0.15, 0.2) is 0 Å². The second kappa shape index (κ2) is 4.60. The fraction of sp³-hybridized carbons (Fsp3) is 0.300. The Kier molecular flexibility index (Phi) is 3.93. The zero-order valence-electron chi connectivity index (χ0n) is 8.36. The average Bonchev–Trinajstić information content (AvgIpc) is 1.97. The molecule has 0 saturated heterocycles. The minimum atomic E-state index is -1.29. The van der Waals surface area contributed by atoms with E-state index in [1.54, 1.807) is 0 Å². The van der Waals surface area contributed by atoms with Crippen LogP contribution >= 0.6 is 31.9 Å². The first-order chi connectivity index (χ1) is 6.37. The van der Waals surface area contributed by atoms with Crippen molar-refractivity contribution in [3.8, 4) is 11.5 Å². The van der Waals surface area contributed by atoms with Gasteiger partial charge >= 0.3 is 0 Å². The number of halogens is 2. The molecule has 0 bridgehead atoms. The van der Waals surface area contributed by atoms with Gasteiger partial charge in [-0.3, -0.25) is 0 Å². The molecular weight excluding hydrogens is 322 g/mol. The van der Waals surface area contributed by atoms with Crippen LogP contribution in [0.2, 0.25) is 19.6 Å². The maximum Gasteiger partial charge on any atom is 0.129 e. The van der Waals surface area contributed by atoms with Gasteiger partial charge in [0.1, 0.15) is 17.3 Å². The van der Waals surface area contributed by atoms with Gasteiger partial charge in [-0.05, 0) is 44.0 Å². The molecule has 0 N–H and O–H groups in total. The van der Waals surface area contributed by atoms with Crippen LogP contribution in [0, 0.1) is 11.5 Å². The molecular formula is C10H11Br2NSi. The van der Waals surface area contributed by atoms with Crippen molar-refractivity contribution >= 4 is 39.9 Å². The molecule has 1 heterocycles. The highest BCUT2D eigenvalue weighted by Gasteiger charge is 2.07. The predicted octanol–water partition coefficient (Wildman–Crippen LogP) is 3.84. The normalized spacial score (nSPS) is 10.6. The lowest BCUT2D eigenvalue weighted by molar-refractivity contribution is 1.22. The first-order valence-corrected chi connectivity index (χ1v) is 9.32. The SMILES string of the molecule is C[Si](C)(C)C#Cc1cc(Br)nc(Br)c1. The van der Waals surface area contributed by atoms with Gasteiger partial charge in [0.05, 0.1) is 0 Å². The summed E-state index contributed by atoms with van der Waals surface area (Å²) in [5.74, 6) is 3.18. The van der Waals surface area contributed by atoms with Crippen LogP contribution in [0.4, 0.5) is 0 Å². The molecule has 0 unspecified atom stereocenters. The smallest absolute Gasteiger partial charge is 0.129 e. The first kappa shape index (κ1) is 12.0. The quantitative estimate of drug-likeness (QED) is 0.399. The lowest BCUT2D eigenvalue weighted by Gasteiger charge is -2.03. The van der Waals surface area contributed by atoms with E-state index < -0.39 is 8.07 Å². The second-order valence-corrected chi connectivity index (χ2v) is 10.4. The number of hydrogen-bond acceptors (Lipinski definition) is 1. The zero-order chi connectivity index (χ0) is 10.8. The molecule has 74 valence electrons. The molecule has 1 nitrogen and oxygen atoms in total. The highest BCUT2D eigenvalue weighted by molar-refractivity contribution is 9.11. The van der Waals surface area contributed by atoms with Crippen LogP contribution in [-0.2, 0) is 0 Å². The first-order valence-electron chi connectivity index (χ1n) is 4.23. The van der Waals surface area contributed by atoms with Crippen LogP contribution in [0.15, 0.2) is 21.3 Å². The van der Waals surface area contributed by atoms with Crippen LogP contribution in [0.25, 0.3) is 0 Å². The third kappa shape index (κ3) is 4.40. The summed E-state index contributed by atoms with van der Waals surface area (Å²) in [6.07, 6.45) is 0. The van der Waals surface area contributed by atoms with Crippen molar-refractivity contribution in [1.82, 2.24) is 4.98 Å². The third-order valence-electron chi connectivity index (χ3n) is 1.34. The van der Waals surface area contributed by atoms with Crippen molar-refractivity contribution in [3.63, 3.8) is 0 Å². The molecule has 0 aromatic carbocycles. The van der Waals surface area contributed by atoms with Crippen molar-refractivity contribution in [1.29, 1.82) is 0 Å². The minimum absolute atomic E-state index is 0.812. The van der Waals surface area contributed by atoms with E-state index in [1.807, 2.05) is 12.1 Å². The lowest BCUT2D eigenvalue weighted by Crippen LogP contribution is -2.16. The highest BCUT2D eigenvalue weighted by atomic mass is 79.9. The molecule has 0 fully saturated rings. The molecule has 0 radical (unpaired) electrons. The Hall–Kier alpha value is -0.113. The molecule has 0 amide bonds. The van der Waals surface area contributed by atoms with Gasteiger partial charge in [0.2, 0.25) is 0 Å². The topological polar surface area (TPSA) is 12.9 Å². The highest BCUT2D eigenvalue weighted by Crippen LogP contribution is 2.15. The zero-order valence-corrected chi connectivity index (χ0v) is 12.5. The van der Waals surface area contributed by atoms with Gasteiger partial charge < -0.3 is 0 Å². The van der Waals surface area contributed by atoms with E-state index in [0.717, 1.165) is 14.8 Å². The summed E-state index contributed by atoms with van der Waals surface area (Å²) in [6, 6.07) is 3.86. The largest absolute Gasteiger partial charge is 0.234 e. The third-order valence-corrected chi connectivity index (χ3v) is 3.03. The maximum absolute atomic E-state index is 4.16. The fourth-order valence-corrected chi connectivity index (χ4v) is 2.43. The Labute approximate surface area is 103 Å². The van der Waals surface area contributed by atoms with Crippen molar-refractivity contribution in [2.45, 2.75) is 19.6 Å². The standard InChI is InChI=1S/C10H11Br2NSi/c1-14(2,3)5-4-8-6-9(11)13-10(12)7-8/h6-7H,1-3H3. The summed E-state index contributed by atoms with van der Waals surface area (Å²) in [4.78, 5) is 4.16. The van der Waals surface area contributed by atoms with Crippen molar-refractivity contribution < 1.29 is 0 Å². The molecule has 0 saturated carbocycles. The van der Waals surface area contributed by atoms with E-state index in [9.17, 15) is 0 Å². The van der Waals surface area contributed by atoms with Gasteiger partial charge in [-0.15, -0.1) is 5.54 Å². The Morgan fingerprint density at radius 3 is 2.07 bits per heavy atom. The molecule has 0 spiro atoms. The van der Waals surface area contributed by atoms with Crippen LogP contribution in [-0.4, -0.2) is 13.1 Å². The molecule has 0 aliphatic carbocycles. The lowest BCUT2D eigenvalue weighted by atomic mass is 10.3. The number of rotatable bonds is 0. The number of nitrogens with zero attached hydrogens (tertiary/aromatic N) is 1. The molecule has 1 aromatic rings. The van der Waals surface area contributed by atoms with E-state index in [0.29, 0.717) is 0 Å². The monoisotopic (exact) mass is 331 g/mol. The van der Waals surface area contributed by atoms with Crippen LogP contribution < -0.4 is 0 Å². The van der Waals surface area contributed by atoms with Gasteiger partial charge in [-0.25, -0.2) is 4.98 Å². The van der Waals surface area contributed by atoms with E-state index in [-0.39, 0.29) is 0 Å². The number of hydrogen-bond donors (Lipinski definition) is 0. The Morgan fingerprint density at radius 2 is 1.64 bits per heavy atom. The van der Waals surface area contributed by atoms with Gasteiger partial charge in [0, 0.05) is 5.56 Å². The average molecular weight is 333 g/mol. The van der Waals surface area contributed by atoms with Gasteiger partial charge in [0.25, 0.3) is 0 Å². The van der Waals surface area contributed by atoms with Crippen molar-refractivity contribution in [2.24, 2.45) is 0 Å². The number of pyridine rings is 1. The van der Waals surface area contributed by atoms with Crippen LogP contribution in [0.3, 0.4) is 0 Å². The molecule has 1 aromatic heterocycles. The van der Waals surface area contributed by atoms with E-state index in [1.165, 1.54) is 0 Å². The van der Waals surface area contributed by atoms with E-state index in [4.69, 9.17) is 0 Å². The molecule has 14 heavy (non-hydrogen) atoms. The molecule has 0 aliphatic heterocycles. The number of aromatic nitrogens is 1. The molecule has 4 heteroatoms.